The van der Waals surface area contributed by atoms with E-state index in [-0.39, 0.29) is 0 Å². The molecule has 0 aromatic heterocycles. The summed E-state index contributed by atoms with van der Waals surface area (Å²) < 4.78 is 4.81. The van der Waals surface area contributed by atoms with Crippen LogP contribution in [0.5, 0.6) is 0 Å². The van der Waals surface area contributed by atoms with Gasteiger partial charge in [0.25, 0.3) is 0 Å². The average Bonchev–Trinajstić information content (AvgIpc) is 2.47. The van der Waals surface area contributed by atoms with Gasteiger partial charge in [-0.2, -0.15) is 0 Å². The summed E-state index contributed by atoms with van der Waals surface area (Å²) in [6.07, 6.45) is 3.92. The minimum Gasteiger partial charge on any atom is -0.433 e. The smallest absolute Gasteiger partial charge is 0.412 e. The van der Waals surface area contributed by atoms with Gasteiger partial charge in [-0.05, 0) is 43.3 Å². The number of nitrogens with two attached hydrogens (primary N) is 2. The standard InChI is InChI=1S/C11H10ClNO2.C6H8N2/c1-3-8(2)15-11(14)13-10-6-4-5-9(12)7-10;7-5-2-1-3-6(8)4-5/h1,4-8H,2H3,(H,13,14);1-4H,7-8H2. The molecule has 0 radical (unpaired) electrons. The van der Waals surface area contributed by atoms with Gasteiger partial charge in [0.1, 0.15) is 0 Å². The highest BCUT2D eigenvalue weighted by atomic mass is 35.5. The van der Waals surface area contributed by atoms with Crippen LogP contribution in [0.15, 0.2) is 48.5 Å². The van der Waals surface area contributed by atoms with Crippen molar-refractivity contribution in [3.63, 3.8) is 0 Å². The largest absolute Gasteiger partial charge is 0.433 e. The van der Waals surface area contributed by atoms with E-state index in [4.69, 9.17) is 34.2 Å². The first-order chi connectivity index (χ1) is 10.9. The highest BCUT2D eigenvalue weighted by Gasteiger charge is 2.06. The molecule has 0 aliphatic carbocycles. The number of anilines is 3. The Kier molecular flexibility index (Phi) is 7.31. The second kappa shape index (κ2) is 9.23. The molecular weight excluding hydrogens is 314 g/mol. The normalized spacial score (nSPS) is 10.5. The molecule has 2 aromatic carbocycles. The van der Waals surface area contributed by atoms with Crippen molar-refractivity contribution < 1.29 is 9.53 Å². The molecule has 0 heterocycles. The molecule has 0 aliphatic heterocycles. The summed E-state index contributed by atoms with van der Waals surface area (Å²) in [5, 5.41) is 3.05. The van der Waals surface area contributed by atoms with Crippen molar-refractivity contribution in [2.75, 3.05) is 16.8 Å². The van der Waals surface area contributed by atoms with Gasteiger partial charge in [0, 0.05) is 22.1 Å². The fraction of sp³-hybridized carbons (Fsp3) is 0.118. The number of nitrogens with one attached hydrogen (secondary N) is 1. The molecule has 2 rings (SSSR count). The monoisotopic (exact) mass is 331 g/mol. The van der Waals surface area contributed by atoms with Gasteiger partial charge in [0.2, 0.25) is 0 Å². The number of ether oxygens (including phenoxy) is 1. The Balaban J connectivity index is 0.000000277. The van der Waals surface area contributed by atoms with E-state index in [1.165, 1.54) is 0 Å². The first-order valence-corrected chi connectivity index (χ1v) is 7.09. The van der Waals surface area contributed by atoms with Crippen molar-refractivity contribution in [3.8, 4) is 12.3 Å². The van der Waals surface area contributed by atoms with Crippen LogP contribution in [-0.4, -0.2) is 12.2 Å². The molecule has 1 unspecified atom stereocenters. The summed E-state index contributed by atoms with van der Waals surface area (Å²) in [4.78, 5) is 11.2. The zero-order valence-electron chi connectivity index (χ0n) is 12.6. The average molecular weight is 332 g/mol. The van der Waals surface area contributed by atoms with Crippen LogP contribution in [-0.2, 0) is 4.74 Å². The second-order valence-electron chi connectivity index (χ2n) is 4.52. The Morgan fingerprint density at radius 3 is 2.30 bits per heavy atom. The molecule has 0 saturated carbocycles. The molecule has 5 nitrogen and oxygen atoms in total. The SMILES string of the molecule is C#CC(C)OC(=O)Nc1cccc(Cl)c1.Nc1cccc(N)c1. The minimum atomic E-state index is -0.595. The lowest BCUT2D eigenvalue weighted by Crippen LogP contribution is -2.18. The fourth-order valence-corrected chi connectivity index (χ4v) is 1.66. The lowest BCUT2D eigenvalue weighted by Gasteiger charge is -2.08. The second-order valence-corrected chi connectivity index (χ2v) is 4.96. The summed E-state index contributed by atoms with van der Waals surface area (Å²) in [6.45, 7) is 1.61. The summed E-state index contributed by atoms with van der Waals surface area (Å²) in [5.74, 6) is 2.28. The van der Waals surface area contributed by atoms with Gasteiger partial charge in [0.05, 0.1) is 0 Å². The zero-order chi connectivity index (χ0) is 17.2. The number of benzene rings is 2. The van der Waals surface area contributed by atoms with Gasteiger partial charge in [-0.1, -0.05) is 29.7 Å². The van der Waals surface area contributed by atoms with E-state index in [1.54, 1.807) is 49.4 Å². The van der Waals surface area contributed by atoms with Gasteiger partial charge in [-0.3, -0.25) is 5.32 Å². The highest BCUT2D eigenvalue weighted by Crippen LogP contribution is 2.15. The third kappa shape index (κ3) is 7.65. The Labute approximate surface area is 140 Å². The number of hydrogen-bond acceptors (Lipinski definition) is 4. The number of amides is 1. The maximum absolute atomic E-state index is 11.2. The van der Waals surface area contributed by atoms with Gasteiger partial charge in [-0.15, -0.1) is 6.42 Å². The van der Waals surface area contributed by atoms with E-state index in [1.807, 2.05) is 6.07 Å². The summed E-state index contributed by atoms with van der Waals surface area (Å²) in [5.41, 5.74) is 12.7. The van der Waals surface area contributed by atoms with Crippen LogP contribution < -0.4 is 16.8 Å². The van der Waals surface area contributed by atoms with Crippen LogP contribution >= 0.6 is 11.6 Å². The van der Waals surface area contributed by atoms with Crippen molar-refractivity contribution in [1.82, 2.24) is 0 Å². The van der Waals surface area contributed by atoms with E-state index in [9.17, 15) is 4.79 Å². The Morgan fingerprint density at radius 2 is 1.83 bits per heavy atom. The minimum absolute atomic E-state index is 0.540. The molecular formula is C17H18ClN3O2. The van der Waals surface area contributed by atoms with E-state index in [0.717, 1.165) is 0 Å². The summed E-state index contributed by atoms with van der Waals surface area (Å²) in [6, 6.07) is 13.9. The predicted octanol–water partition coefficient (Wildman–Crippen LogP) is 3.76. The molecule has 0 fully saturated rings. The number of nitrogen functional groups attached to an aromatic ring is 2. The highest BCUT2D eigenvalue weighted by molar-refractivity contribution is 6.30. The maximum atomic E-state index is 11.2. The fourth-order valence-electron chi connectivity index (χ4n) is 1.47. The van der Waals surface area contributed by atoms with Crippen molar-refractivity contribution in [2.24, 2.45) is 0 Å². The molecule has 2 aromatic rings. The third-order valence-electron chi connectivity index (χ3n) is 2.50. The van der Waals surface area contributed by atoms with Crippen molar-refractivity contribution in [1.29, 1.82) is 0 Å². The van der Waals surface area contributed by atoms with Crippen molar-refractivity contribution >= 4 is 34.8 Å². The Hall–Kier alpha value is -2.84. The lowest BCUT2D eigenvalue weighted by molar-refractivity contribution is 0.145. The van der Waals surface area contributed by atoms with Crippen molar-refractivity contribution in [2.45, 2.75) is 13.0 Å². The molecule has 1 amide bonds. The first-order valence-electron chi connectivity index (χ1n) is 6.71. The van der Waals surface area contributed by atoms with Gasteiger partial charge < -0.3 is 16.2 Å². The van der Waals surface area contributed by atoms with Gasteiger partial charge in [-0.25, -0.2) is 4.79 Å². The molecule has 120 valence electrons. The summed E-state index contributed by atoms with van der Waals surface area (Å²) >= 11 is 5.74. The van der Waals surface area contributed by atoms with E-state index < -0.39 is 12.2 Å². The number of terminal acetylenes is 1. The molecule has 5 N–H and O–H groups in total. The topological polar surface area (TPSA) is 90.4 Å². The van der Waals surface area contributed by atoms with Crippen LogP contribution in [0.4, 0.5) is 21.9 Å². The maximum Gasteiger partial charge on any atom is 0.412 e. The molecule has 0 saturated heterocycles. The van der Waals surface area contributed by atoms with E-state index in [2.05, 4.69) is 11.2 Å². The van der Waals surface area contributed by atoms with Crippen LogP contribution in [0.2, 0.25) is 5.02 Å². The van der Waals surface area contributed by atoms with Gasteiger partial charge in [0.15, 0.2) is 6.10 Å². The van der Waals surface area contributed by atoms with Crippen LogP contribution in [0.1, 0.15) is 6.92 Å². The molecule has 0 aliphatic rings. The lowest BCUT2D eigenvalue weighted by atomic mass is 10.3. The van der Waals surface area contributed by atoms with Crippen LogP contribution in [0.3, 0.4) is 0 Å². The molecule has 0 spiro atoms. The zero-order valence-corrected chi connectivity index (χ0v) is 13.4. The Morgan fingerprint density at radius 1 is 1.22 bits per heavy atom. The molecule has 0 bridgehead atoms. The predicted molar refractivity (Wildman–Crippen MR) is 95.1 cm³/mol. The number of rotatable bonds is 2. The number of carbonyl (C=O) groups is 1. The Bertz CT molecular complexity index is 681. The molecule has 1 atom stereocenters. The molecule has 6 heteroatoms. The van der Waals surface area contributed by atoms with E-state index >= 15 is 0 Å². The van der Waals surface area contributed by atoms with Gasteiger partial charge >= 0.3 is 6.09 Å². The van der Waals surface area contributed by atoms with Crippen LogP contribution in [0, 0.1) is 12.3 Å². The molecule has 23 heavy (non-hydrogen) atoms. The van der Waals surface area contributed by atoms with Crippen molar-refractivity contribution in [3.05, 3.63) is 53.6 Å². The third-order valence-corrected chi connectivity index (χ3v) is 2.74. The van der Waals surface area contributed by atoms with Crippen LogP contribution in [0.25, 0.3) is 0 Å². The van der Waals surface area contributed by atoms with E-state index in [0.29, 0.717) is 22.1 Å². The number of halogens is 1. The number of carbonyl (C=O) groups excluding carboxylic acids is 1. The first kappa shape index (κ1) is 18.2. The number of hydrogen-bond donors (Lipinski definition) is 3. The summed E-state index contributed by atoms with van der Waals surface area (Å²) in [7, 11) is 0. The quantitative estimate of drug-likeness (QED) is 0.577.